The van der Waals surface area contributed by atoms with Crippen molar-refractivity contribution in [2.24, 2.45) is 0 Å². The fourth-order valence-corrected chi connectivity index (χ4v) is 2.70. The normalized spacial score (nSPS) is 12.0. The van der Waals surface area contributed by atoms with Crippen molar-refractivity contribution >= 4 is 33.5 Å². The van der Waals surface area contributed by atoms with Crippen molar-refractivity contribution in [3.05, 3.63) is 113 Å². The minimum atomic E-state index is 0.765. The lowest BCUT2D eigenvalue weighted by Crippen LogP contribution is -1.93. The van der Waals surface area contributed by atoms with Crippen LogP contribution in [0.1, 0.15) is 16.7 Å². The third-order valence-electron chi connectivity index (χ3n) is 3.53. The van der Waals surface area contributed by atoms with Crippen molar-refractivity contribution in [1.29, 1.82) is 0 Å². The van der Waals surface area contributed by atoms with Crippen LogP contribution < -0.4 is 0 Å². The second-order valence-electron chi connectivity index (χ2n) is 5.23. The molecule has 3 aromatic rings. The average molecular weight is 377 g/mol. The topological polar surface area (TPSA) is 9.23 Å². The average Bonchev–Trinajstić information content (AvgIpc) is 2.67. The van der Waals surface area contributed by atoms with Gasteiger partial charge in [0.15, 0.2) is 0 Å². The Morgan fingerprint density at radius 3 is 1.58 bits per heavy atom. The molecule has 0 heterocycles. The Labute approximate surface area is 151 Å². The van der Waals surface area contributed by atoms with Gasteiger partial charge in [0.2, 0.25) is 0 Å². The van der Waals surface area contributed by atoms with Gasteiger partial charge in [-0.3, -0.25) is 0 Å². The summed E-state index contributed by atoms with van der Waals surface area (Å²) in [4.78, 5) is 1.81. The van der Waals surface area contributed by atoms with Gasteiger partial charge >= 0.3 is 0 Å². The first-order valence-corrected chi connectivity index (χ1v) is 8.64. The van der Waals surface area contributed by atoms with Gasteiger partial charge in [0.1, 0.15) is 11.5 Å². The van der Waals surface area contributed by atoms with Crippen LogP contribution in [0.2, 0.25) is 0 Å². The molecular weight excluding hydrogens is 360 g/mol. The minimum absolute atomic E-state index is 0.765. The van der Waals surface area contributed by atoms with E-state index in [1.165, 1.54) is 0 Å². The highest BCUT2D eigenvalue weighted by Crippen LogP contribution is 2.28. The molecule has 3 aromatic carbocycles. The molecule has 0 aliphatic rings. The molecule has 0 radical (unpaired) electrons. The van der Waals surface area contributed by atoms with Crippen molar-refractivity contribution < 1.29 is 4.74 Å². The Balaban J connectivity index is 1.98. The molecule has 0 bridgehead atoms. The van der Waals surface area contributed by atoms with Crippen LogP contribution in [0, 0.1) is 0 Å². The smallest absolute Gasteiger partial charge is 0.141 e. The minimum Gasteiger partial charge on any atom is -0.456 e. The van der Waals surface area contributed by atoms with Gasteiger partial charge < -0.3 is 4.74 Å². The molecular formula is C22H17BrO. The summed E-state index contributed by atoms with van der Waals surface area (Å²) < 4.78 is 6.25. The maximum Gasteiger partial charge on any atom is 0.141 e. The zero-order valence-electron chi connectivity index (χ0n) is 13.1. The van der Waals surface area contributed by atoms with Crippen LogP contribution in [-0.2, 0) is 4.74 Å². The molecule has 0 atom stereocenters. The summed E-state index contributed by atoms with van der Waals surface area (Å²) in [5.74, 6) is 1.57. The molecule has 0 amide bonds. The fourth-order valence-electron chi connectivity index (χ4n) is 2.34. The van der Waals surface area contributed by atoms with Crippen molar-refractivity contribution in [3.63, 3.8) is 0 Å². The molecule has 118 valence electrons. The first-order chi connectivity index (χ1) is 11.9. The largest absolute Gasteiger partial charge is 0.456 e. The summed E-state index contributed by atoms with van der Waals surface area (Å²) in [5, 5.41) is 0. The second-order valence-corrected chi connectivity index (χ2v) is 5.68. The van der Waals surface area contributed by atoms with E-state index in [1.54, 1.807) is 0 Å². The second kappa shape index (κ2) is 8.32. The molecule has 24 heavy (non-hydrogen) atoms. The lowest BCUT2D eigenvalue weighted by atomic mass is 10.1. The Hall–Kier alpha value is -2.58. The SMILES string of the molecule is Br/C=C(/O/C(=C/c1ccccc1)c1ccccc1)c1ccccc1. The highest BCUT2D eigenvalue weighted by molar-refractivity contribution is 9.11. The van der Waals surface area contributed by atoms with Gasteiger partial charge in [0.25, 0.3) is 0 Å². The van der Waals surface area contributed by atoms with Gasteiger partial charge in [-0.25, -0.2) is 0 Å². The Morgan fingerprint density at radius 2 is 1.08 bits per heavy atom. The van der Waals surface area contributed by atoms with E-state index in [-0.39, 0.29) is 0 Å². The number of hydrogen-bond donors (Lipinski definition) is 0. The van der Waals surface area contributed by atoms with E-state index in [2.05, 4.69) is 34.1 Å². The third-order valence-corrected chi connectivity index (χ3v) is 3.95. The van der Waals surface area contributed by atoms with E-state index in [0.29, 0.717) is 0 Å². The van der Waals surface area contributed by atoms with Crippen molar-refractivity contribution in [1.82, 2.24) is 0 Å². The molecule has 0 aromatic heterocycles. The van der Waals surface area contributed by atoms with Crippen LogP contribution in [0.25, 0.3) is 17.6 Å². The predicted molar refractivity (Wildman–Crippen MR) is 105 cm³/mol. The molecule has 1 nitrogen and oxygen atoms in total. The predicted octanol–water partition coefficient (Wildman–Crippen LogP) is 6.59. The molecule has 0 N–H and O–H groups in total. The third kappa shape index (κ3) is 4.24. The highest BCUT2D eigenvalue weighted by atomic mass is 79.9. The summed E-state index contributed by atoms with van der Waals surface area (Å²) in [5.41, 5.74) is 3.15. The maximum atomic E-state index is 6.25. The van der Waals surface area contributed by atoms with E-state index in [4.69, 9.17) is 4.74 Å². The Bertz CT molecular complexity index is 822. The van der Waals surface area contributed by atoms with E-state index in [0.717, 1.165) is 28.2 Å². The van der Waals surface area contributed by atoms with E-state index >= 15 is 0 Å². The lowest BCUT2D eigenvalue weighted by molar-refractivity contribution is 0.475. The van der Waals surface area contributed by atoms with Gasteiger partial charge in [-0.15, -0.1) is 0 Å². The summed E-state index contributed by atoms with van der Waals surface area (Å²) in [6.45, 7) is 0. The number of ether oxygens (including phenoxy) is 1. The van der Waals surface area contributed by atoms with Crippen molar-refractivity contribution in [2.75, 3.05) is 0 Å². The van der Waals surface area contributed by atoms with E-state index < -0.39 is 0 Å². The molecule has 0 spiro atoms. The van der Waals surface area contributed by atoms with Gasteiger partial charge in [-0.1, -0.05) is 107 Å². The number of hydrogen-bond acceptors (Lipinski definition) is 1. The maximum absolute atomic E-state index is 6.25. The highest BCUT2D eigenvalue weighted by Gasteiger charge is 2.08. The molecule has 3 rings (SSSR count). The zero-order valence-corrected chi connectivity index (χ0v) is 14.7. The molecule has 0 saturated carbocycles. The van der Waals surface area contributed by atoms with Crippen LogP contribution in [-0.4, -0.2) is 0 Å². The number of rotatable bonds is 5. The fraction of sp³-hybridized carbons (Fsp3) is 0. The quantitative estimate of drug-likeness (QED) is 0.360. The summed E-state index contributed by atoms with van der Waals surface area (Å²) in [6.07, 6.45) is 2.05. The van der Waals surface area contributed by atoms with Gasteiger partial charge in [-0.2, -0.15) is 0 Å². The van der Waals surface area contributed by atoms with E-state index in [1.807, 2.05) is 83.8 Å². The van der Waals surface area contributed by atoms with Crippen LogP contribution in [0.3, 0.4) is 0 Å². The van der Waals surface area contributed by atoms with Gasteiger partial charge in [0, 0.05) is 16.1 Å². The Kier molecular flexibility index (Phi) is 5.65. The number of halogens is 1. The first-order valence-electron chi connectivity index (χ1n) is 7.72. The molecule has 0 unspecified atom stereocenters. The lowest BCUT2D eigenvalue weighted by Gasteiger charge is -2.14. The van der Waals surface area contributed by atoms with Crippen LogP contribution in [0.5, 0.6) is 0 Å². The van der Waals surface area contributed by atoms with Crippen molar-refractivity contribution in [2.45, 2.75) is 0 Å². The molecule has 0 aliphatic carbocycles. The van der Waals surface area contributed by atoms with Crippen LogP contribution in [0.4, 0.5) is 0 Å². The number of benzene rings is 3. The monoisotopic (exact) mass is 376 g/mol. The molecule has 0 aliphatic heterocycles. The van der Waals surface area contributed by atoms with E-state index in [9.17, 15) is 0 Å². The summed E-state index contributed by atoms with van der Waals surface area (Å²) in [6, 6.07) is 30.3. The first kappa shape index (κ1) is 16.3. The molecule has 0 saturated heterocycles. The van der Waals surface area contributed by atoms with Gasteiger partial charge in [-0.05, 0) is 11.6 Å². The van der Waals surface area contributed by atoms with Gasteiger partial charge in [0.05, 0.1) is 0 Å². The van der Waals surface area contributed by atoms with Crippen LogP contribution >= 0.6 is 15.9 Å². The molecule has 2 heteroatoms. The standard InChI is InChI=1S/C22H17BrO/c23-17-22(20-14-8-3-9-15-20)24-21(19-12-6-2-7-13-19)16-18-10-4-1-5-11-18/h1-17H/b21-16+,22-17+. The Morgan fingerprint density at radius 1 is 0.625 bits per heavy atom. The summed E-state index contributed by atoms with van der Waals surface area (Å²) in [7, 11) is 0. The zero-order chi connectivity index (χ0) is 16.6. The molecule has 0 fully saturated rings. The van der Waals surface area contributed by atoms with Crippen LogP contribution in [0.15, 0.2) is 96.0 Å². The van der Waals surface area contributed by atoms with Crippen molar-refractivity contribution in [3.8, 4) is 0 Å². The summed E-state index contributed by atoms with van der Waals surface area (Å²) >= 11 is 3.42.